The van der Waals surface area contributed by atoms with E-state index < -0.39 is 5.97 Å². The van der Waals surface area contributed by atoms with Gasteiger partial charge in [-0.3, -0.25) is 0 Å². The van der Waals surface area contributed by atoms with Crippen LogP contribution >= 0.6 is 0 Å². The van der Waals surface area contributed by atoms with Gasteiger partial charge in [-0.15, -0.1) is 0 Å². The van der Waals surface area contributed by atoms with Gasteiger partial charge in [-0.05, 0) is 25.3 Å². The second-order valence-electron chi connectivity index (χ2n) is 5.15. The van der Waals surface area contributed by atoms with Gasteiger partial charge < -0.3 is 24.8 Å². The number of hydrogen-bond donors (Lipinski definition) is 2. The lowest BCUT2D eigenvalue weighted by Crippen LogP contribution is -2.40. The van der Waals surface area contributed by atoms with E-state index in [0.29, 0.717) is 11.8 Å². The number of esters is 1. The fraction of sp³-hybridized carbons (Fsp3) is 0.643. The van der Waals surface area contributed by atoms with Crippen LogP contribution in [-0.2, 0) is 14.3 Å². The van der Waals surface area contributed by atoms with E-state index in [-0.39, 0.29) is 18.8 Å². The highest BCUT2D eigenvalue weighted by Gasteiger charge is 2.56. The number of morpholine rings is 1. The first-order valence-corrected chi connectivity index (χ1v) is 6.84. The third kappa shape index (κ3) is 3.13. The quantitative estimate of drug-likeness (QED) is 0.406. The Balaban J connectivity index is 1.92. The zero-order valence-corrected chi connectivity index (χ0v) is 12.0. The fourth-order valence-electron chi connectivity index (χ4n) is 2.36. The maximum Gasteiger partial charge on any atom is 0.354 e. The number of allylic oxidation sites excluding steroid dienone is 2. The highest BCUT2D eigenvalue weighted by Crippen LogP contribution is 2.46. The Bertz CT molecular complexity index is 421. The van der Waals surface area contributed by atoms with Gasteiger partial charge in [-0.2, -0.15) is 0 Å². The lowest BCUT2D eigenvalue weighted by atomic mass is 10.2. The van der Waals surface area contributed by atoms with Gasteiger partial charge in [0.05, 0.1) is 24.9 Å². The molecule has 0 bridgehead atoms. The van der Waals surface area contributed by atoms with Crippen LogP contribution in [0.4, 0.5) is 0 Å². The van der Waals surface area contributed by atoms with Crippen LogP contribution < -0.4 is 5.32 Å². The number of likely N-dealkylation sites (N-methyl/N-ethyl adjacent to an activating group) is 1. The number of ether oxygens (including phenoxy) is 2. The van der Waals surface area contributed by atoms with E-state index in [2.05, 4.69) is 17.1 Å². The zero-order chi connectivity index (χ0) is 14.6. The van der Waals surface area contributed by atoms with Gasteiger partial charge in [0, 0.05) is 20.0 Å². The number of carbonyl (C=O) groups excluding carboxylic acids is 1. The van der Waals surface area contributed by atoms with Crippen molar-refractivity contribution in [2.24, 2.45) is 0 Å². The number of aliphatic hydroxyl groups excluding tert-OH is 1. The minimum Gasteiger partial charge on any atom is -0.459 e. The molecule has 2 rings (SSSR count). The second-order valence-corrected chi connectivity index (χ2v) is 5.15. The van der Waals surface area contributed by atoms with Crippen LogP contribution in [0.15, 0.2) is 24.0 Å². The van der Waals surface area contributed by atoms with Crippen LogP contribution in [0.2, 0.25) is 0 Å². The Kier molecular flexibility index (Phi) is 4.67. The summed E-state index contributed by atoms with van der Waals surface area (Å²) in [7, 11) is 1.66. The molecule has 0 aromatic heterocycles. The summed E-state index contributed by atoms with van der Waals surface area (Å²) in [5.74, 6) is -0.469. The van der Waals surface area contributed by atoms with Gasteiger partial charge in [0.1, 0.15) is 12.3 Å². The first kappa shape index (κ1) is 14.9. The third-order valence-corrected chi connectivity index (χ3v) is 3.78. The van der Waals surface area contributed by atoms with Crippen molar-refractivity contribution in [2.75, 3.05) is 33.4 Å². The van der Waals surface area contributed by atoms with Gasteiger partial charge in [0.15, 0.2) is 0 Å². The molecular formula is C14H22N2O4. The summed E-state index contributed by atoms with van der Waals surface area (Å²) in [5, 5.41) is 11.4. The molecule has 1 unspecified atom stereocenters. The van der Waals surface area contributed by atoms with E-state index in [9.17, 15) is 4.79 Å². The SMILES string of the molecule is CN/C(=C\C=C\N1CCOC2C[C@@]21C)C(=O)OCCO. The number of aliphatic hydroxyl groups is 1. The number of rotatable bonds is 6. The lowest BCUT2D eigenvalue weighted by Gasteiger charge is -2.32. The Labute approximate surface area is 119 Å². The van der Waals surface area contributed by atoms with E-state index >= 15 is 0 Å². The van der Waals surface area contributed by atoms with Gasteiger partial charge in [0.2, 0.25) is 0 Å². The summed E-state index contributed by atoms with van der Waals surface area (Å²) in [6, 6.07) is 0. The van der Waals surface area contributed by atoms with E-state index in [0.717, 1.165) is 19.6 Å². The van der Waals surface area contributed by atoms with Crippen molar-refractivity contribution in [2.45, 2.75) is 25.0 Å². The monoisotopic (exact) mass is 282 g/mol. The topological polar surface area (TPSA) is 71.0 Å². The van der Waals surface area contributed by atoms with Crippen molar-refractivity contribution in [3.63, 3.8) is 0 Å². The van der Waals surface area contributed by atoms with Gasteiger partial charge >= 0.3 is 5.97 Å². The van der Waals surface area contributed by atoms with Crippen LogP contribution in [0.1, 0.15) is 13.3 Å². The van der Waals surface area contributed by atoms with Gasteiger partial charge in [0.25, 0.3) is 0 Å². The molecule has 2 atom stereocenters. The molecule has 0 radical (unpaired) electrons. The van der Waals surface area contributed by atoms with E-state index in [1.165, 1.54) is 0 Å². The predicted octanol–water partition coefficient (Wildman–Crippen LogP) is 0.00210. The molecule has 0 amide bonds. The Morgan fingerprint density at radius 1 is 1.65 bits per heavy atom. The van der Waals surface area contributed by atoms with Crippen LogP contribution in [-0.4, -0.2) is 61.0 Å². The highest BCUT2D eigenvalue weighted by atomic mass is 16.5. The first-order chi connectivity index (χ1) is 9.61. The first-order valence-electron chi connectivity index (χ1n) is 6.84. The summed E-state index contributed by atoms with van der Waals surface area (Å²) < 4.78 is 10.5. The molecule has 2 fully saturated rings. The predicted molar refractivity (Wildman–Crippen MR) is 73.8 cm³/mol. The third-order valence-electron chi connectivity index (χ3n) is 3.78. The second kappa shape index (κ2) is 6.28. The van der Waals surface area contributed by atoms with Crippen molar-refractivity contribution in [1.29, 1.82) is 0 Å². The van der Waals surface area contributed by atoms with E-state index in [1.54, 1.807) is 13.1 Å². The average molecular weight is 282 g/mol. The summed E-state index contributed by atoms with van der Waals surface area (Å²) in [4.78, 5) is 13.9. The van der Waals surface area contributed by atoms with E-state index in [1.807, 2.05) is 12.3 Å². The largest absolute Gasteiger partial charge is 0.459 e. The lowest BCUT2D eigenvalue weighted by molar-refractivity contribution is -0.140. The molecular weight excluding hydrogens is 260 g/mol. The smallest absolute Gasteiger partial charge is 0.354 e. The number of carbonyl (C=O) groups is 1. The standard InChI is InChI=1S/C14H22N2O4/c1-14-10-12(14)19-8-6-16(14)5-3-4-11(15-2)13(18)20-9-7-17/h3-5,12,15,17H,6-10H2,1-2H3/b5-3+,11-4-/t12?,14-/m0/s1. The molecule has 0 spiro atoms. The van der Waals surface area contributed by atoms with Crippen molar-refractivity contribution in [3.05, 3.63) is 24.0 Å². The van der Waals surface area contributed by atoms with Crippen molar-refractivity contribution >= 4 is 5.97 Å². The molecule has 0 aromatic carbocycles. The molecule has 6 nitrogen and oxygen atoms in total. The average Bonchev–Trinajstić information content (AvgIpc) is 3.13. The minimum absolute atomic E-state index is 0.00474. The fourth-order valence-corrected chi connectivity index (χ4v) is 2.36. The molecule has 2 N–H and O–H groups in total. The molecule has 2 aliphatic rings. The number of nitrogens with zero attached hydrogens (tertiary/aromatic N) is 1. The number of hydrogen-bond acceptors (Lipinski definition) is 6. The minimum atomic E-state index is -0.469. The molecule has 1 heterocycles. The van der Waals surface area contributed by atoms with Crippen LogP contribution in [0, 0.1) is 0 Å². The molecule has 1 aliphatic carbocycles. The summed E-state index contributed by atoms with van der Waals surface area (Å²) in [6.45, 7) is 3.61. The number of nitrogens with one attached hydrogen (secondary N) is 1. The van der Waals surface area contributed by atoms with Gasteiger partial charge in [-0.25, -0.2) is 4.79 Å². The van der Waals surface area contributed by atoms with Crippen LogP contribution in [0.3, 0.4) is 0 Å². The van der Waals surface area contributed by atoms with Crippen molar-refractivity contribution in [3.8, 4) is 0 Å². The molecule has 1 aliphatic heterocycles. The molecule has 1 saturated carbocycles. The molecule has 0 aromatic rings. The molecule has 20 heavy (non-hydrogen) atoms. The summed E-state index contributed by atoms with van der Waals surface area (Å²) in [5.41, 5.74) is 0.472. The van der Waals surface area contributed by atoms with Crippen LogP contribution in [0.5, 0.6) is 0 Å². The Hall–Kier alpha value is -1.53. The maximum atomic E-state index is 11.6. The van der Waals surface area contributed by atoms with Crippen LogP contribution in [0.25, 0.3) is 0 Å². The zero-order valence-electron chi connectivity index (χ0n) is 12.0. The molecule has 6 heteroatoms. The van der Waals surface area contributed by atoms with Gasteiger partial charge in [-0.1, -0.05) is 0 Å². The highest BCUT2D eigenvalue weighted by molar-refractivity contribution is 5.88. The van der Waals surface area contributed by atoms with Crippen molar-refractivity contribution < 1.29 is 19.4 Å². The maximum absolute atomic E-state index is 11.6. The summed E-state index contributed by atoms with van der Waals surface area (Å²) in [6.07, 6.45) is 6.88. The normalized spacial score (nSPS) is 29.2. The van der Waals surface area contributed by atoms with Crippen molar-refractivity contribution in [1.82, 2.24) is 10.2 Å². The van der Waals surface area contributed by atoms with E-state index in [4.69, 9.17) is 14.6 Å². The molecule has 1 saturated heterocycles. The summed E-state index contributed by atoms with van der Waals surface area (Å²) >= 11 is 0. The molecule has 112 valence electrons. The number of fused-ring (bicyclic) bond motifs is 1. The Morgan fingerprint density at radius 3 is 3.15 bits per heavy atom. The Morgan fingerprint density at radius 2 is 2.45 bits per heavy atom.